The lowest BCUT2D eigenvalue weighted by Crippen LogP contribution is -2.43. The van der Waals surface area contributed by atoms with Gasteiger partial charge in [-0.05, 0) is 32.4 Å². The predicted octanol–water partition coefficient (Wildman–Crippen LogP) is 1.88. The van der Waals surface area contributed by atoms with Crippen LogP contribution >= 0.6 is 0 Å². The molecule has 0 spiro atoms. The van der Waals surface area contributed by atoms with Gasteiger partial charge in [0.05, 0.1) is 0 Å². The van der Waals surface area contributed by atoms with Crippen molar-refractivity contribution >= 4 is 5.91 Å². The largest absolute Gasteiger partial charge is 0.343 e. The summed E-state index contributed by atoms with van der Waals surface area (Å²) in [4.78, 5) is 13.7. The number of nitrogens with one attached hydrogen (secondary N) is 1. The Morgan fingerprint density at radius 3 is 2.33 bits per heavy atom. The zero-order valence-electron chi connectivity index (χ0n) is 11.1. The molecule has 1 N–H and O–H groups in total. The fourth-order valence-electron chi connectivity index (χ4n) is 1.39. The number of carbonyl (C=O) groups is 1. The summed E-state index contributed by atoms with van der Waals surface area (Å²) in [5.41, 5.74) is 0.146. The summed E-state index contributed by atoms with van der Waals surface area (Å²) in [7, 11) is 3.81. The van der Waals surface area contributed by atoms with E-state index in [0.717, 1.165) is 13.0 Å². The van der Waals surface area contributed by atoms with Crippen molar-refractivity contribution in [1.29, 1.82) is 0 Å². The van der Waals surface area contributed by atoms with E-state index in [1.807, 2.05) is 19.0 Å². The number of hydrogen-bond donors (Lipinski definition) is 1. The van der Waals surface area contributed by atoms with Crippen LogP contribution in [0.4, 0.5) is 0 Å². The van der Waals surface area contributed by atoms with E-state index in [2.05, 4.69) is 33.0 Å². The maximum atomic E-state index is 11.8. The van der Waals surface area contributed by atoms with Gasteiger partial charge < -0.3 is 10.2 Å². The highest BCUT2D eigenvalue weighted by Gasteiger charge is 2.26. The fraction of sp³-hybridized carbons (Fsp3) is 0.917. The van der Waals surface area contributed by atoms with Crippen molar-refractivity contribution in [1.82, 2.24) is 10.2 Å². The molecule has 0 saturated heterocycles. The van der Waals surface area contributed by atoms with E-state index in [4.69, 9.17) is 0 Å². The molecule has 0 radical (unpaired) electrons. The molecule has 0 aromatic heterocycles. The molecule has 0 saturated carbocycles. The monoisotopic (exact) mass is 214 g/mol. The van der Waals surface area contributed by atoms with Crippen molar-refractivity contribution in [3.05, 3.63) is 0 Å². The van der Waals surface area contributed by atoms with E-state index in [-0.39, 0.29) is 17.4 Å². The Labute approximate surface area is 94.2 Å². The summed E-state index contributed by atoms with van der Waals surface area (Å²) in [5.74, 6) is 0.243. The first-order valence-corrected chi connectivity index (χ1v) is 5.71. The van der Waals surface area contributed by atoms with Crippen LogP contribution in [0.1, 0.15) is 40.5 Å². The van der Waals surface area contributed by atoms with Crippen LogP contribution in [0.2, 0.25) is 0 Å². The number of rotatable bonds is 5. The van der Waals surface area contributed by atoms with Crippen molar-refractivity contribution in [2.75, 3.05) is 20.6 Å². The highest BCUT2D eigenvalue weighted by Crippen LogP contribution is 2.23. The molecule has 3 nitrogen and oxygen atoms in total. The van der Waals surface area contributed by atoms with Gasteiger partial charge in [-0.1, -0.05) is 20.8 Å². The Morgan fingerprint density at radius 2 is 1.93 bits per heavy atom. The Kier molecular flexibility index (Phi) is 5.88. The molecule has 0 aliphatic rings. The lowest BCUT2D eigenvalue weighted by Gasteiger charge is -2.35. The highest BCUT2D eigenvalue weighted by molar-refractivity contribution is 5.76. The molecule has 0 aliphatic carbocycles. The molecule has 1 amide bonds. The first-order valence-electron chi connectivity index (χ1n) is 5.71. The van der Waals surface area contributed by atoms with Crippen LogP contribution in [0.15, 0.2) is 0 Å². The first-order chi connectivity index (χ1) is 6.80. The number of hydrogen-bond acceptors (Lipinski definition) is 2. The van der Waals surface area contributed by atoms with Gasteiger partial charge in [-0.2, -0.15) is 0 Å². The minimum absolute atomic E-state index is 0.146. The molecule has 0 fully saturated rings. The van der Waals surface area contributed by atoms with Crippen LogP contribution in [-0.2, 0) is 4.79 Å². The Balaban J connectivity index is 4.08. The van der Waals surface area contributed by atoms with E-state index in [9.17, 15) is 4.79 Å². The SMILES string of the molecule is CNCCCC(=O)N(C)C(C)C(C)(C)C. The minimum Gasteiger partial charge on any atom is -0.343 e. The second kappa shape index (κ2) is 6.11. The molecule has 0 aliphatic heterocycles. The molecule has 3 heteroatoms. The molecule has 0 aromatic carbocycles. The third-order valence-corrected chi connectivity index (χ3v) is 3.05. The maximum Gasteiger partial charge on any atom is 0.222 e. The molecule has 1 atom stereocenters. The molecule has 0 bridgehead atoms. The van der Waals surface area contributed by atoms with Crippen molar-refractivity contribution in [2.24, 2.45) is 5.41 Å². The molecule has 1 unspecified atom stereocenters. The average molecular weight is 214 g/mol. The second-order valence-corrected chi connectivity index (χ2v) is 5.25. The van der Waals surface area contributed by atoms with E-state index < -0.39 is 0 Å². The molecule has 0 aromatic rings. The molecule has 0 rings (SSSR count). The van der Waals surface area contributed by atoms with Crippen molar-refractivity contribution < 1.29 is 4.79 Å². The summed E-state index contributed by atoms with van der Waals surface area (Å²) in [5, 5.41) is 3.05. The van der Waals surface area contributed by atoms with Gasteiger partial charge in [0, 0.05) is 19.5 Å². The van der Waals surface area contributed by atoms with E-state index in [1.165, 1.54) is 0 Å². The van der Waals surface area contributed by atoms with Gasteiger partial charge >= 0.3 is 0 Å². The standard InChI is InChI=1S/C12H26N2O/c1-10(12(2,3)4)14(6)11(15)8-7-9-13-5/h10,13H,7-9H2,1-6H3. The third-order valence-electron chi connectivity index (χ3n) is 3.05. The van der Waals surface area contributed by atoms with Crippen LogP contribution in [-0.4, -0.2) is 37.5 Å². The van der Waals surface area contributed by atoms with Gasteiger partial charge in [0.25, 0.3) is 0 Å². The predicted molar refractivity (Wildman–Crippen MR) is 64.8 cm³/mol. The smallest absolute Gasteiger partial charge is 0.222 e. The Bertz CT molecular complexity index is 196. The molecule has 90 valence electrons. The summed E-state index contributed by atoms with van der Waals surface area (Å²) < 4.78 is 0. The zero-order chi connectivity index (χ0) is 12.1. The Morgan fingerprint density at radius 1 is 1.40 bits per heavy atom. The van der Waals surface area contributed by atoms with Crippen molar-refractivity contribution in [2.45, 2.75) is 46.6 Å². The quantitative estimate of drug-likeness (QED) is 0.709. The summed E-state index contributed by atoms with van der Waals surface area (Å²) in [6.45, 7) is 9.50. The van der Waals surface area contributed by atoms with Crippen LogP contribution in [0.25, 0.3) is 0 Å². The van der Waals surface area contributed by atoms with Crippen LogP contribution in [0.5, 0.6) is 0 Å². The zero-order valence-corrected chi connectivity index (χ0v) is 11.1. The fourth-order valence-corrected chi connectivity index (χ4v) is 1.39. The van der Waals surface area contributed by atoms with Crippen molar-refractivity contribution in [3.63, 3.8) is 0 Å². The van der Waals surface area contributed by atoms with Crippen LogP contribution < -0.4 is 5.32 Å². The lowest BCUT2D eigenvalue weighted by molar-refractivity contribution is -0.133. The number of amides is 1. The highest BCUT2D eigenvalue weighted by atomic mass is 16.2. The molecular weight excluding hydrogens is 188 g/mol. The second-order valence-electron chi connectivity index (χ2n) is 5.25. The summed E-state index contributed by atoms with van der Waals surface area (Å²) in [6.07, 6.45) is 1.55. The summed E-state index contributed by atoms with van der Waals surface area (Å²) in [6, 6.07) is 0.277. The average Bonchev–Trinajstić information content (AvgIpc) is 2.14. The van der Waals surface area contributed by atoms with Gasteiger partial charge in [0.2, 0.25) is 5.91 Å². The Hall–Kier alpha value is -0.570. The van der Waals surface area contributed by atoms with E-state index in [0.29, 0.717) is 6.42 Å². The minimum atomic E-state index is 0.146. The van der Waals surface area contributed by atoms with Crippen LogP contribution in [0, 0.1) is 5.41 Å². The third kappa shape index (κ3) is 5.17. The van der Waals surface area contributed by atoms with Crippen molar-refractivity contribution in [3.8, 4) is 0 Å². The molecular formula is C12H26N2O. The normalized spacial score (nSPS) is 13.7. The van der Waals surface area contributed by atoms with Gasteiger partial charge in [0.15, 0.2) is 0 Å². The number of nitrogens with zero attached hydrogens (tertiary/aromatic N) is 1. The van der Waals surface area contributed by atoms with Gasteiger partial charge in [0.1, 0.15) is 0 Å². The summed E-state index contributed by atoms with van der Waals surface area (Å²) >= 11 is 0. The van der Waals surface area contributed by atoms with Gasteiger partial charge in [-0.25, -0.2) is 0 Å². The van der Waals surface area contributed by atoms with E-state index in [1.54, 1.807) is 0 Å². The maximum absolute atomic E-state index is 11.8. The topological polar surface area (TPSA) is 32.3 Å². The first kappa shape index (κ1) is 14.4. The molecule has 0 heterocycles. The lowest BCUT2D eigenvalue weighted by atomic mass is 9.87. The van der Waals surface area contributed by atoms with Gasteiger partial charge in [-0.3, -0.25) is 4.79 Å². The molecule has 15 heavy (non-hydrogen) atoms. The van der Waals surface area contributed by atoms with Crippen LogP contribution in [0.3, 0.4) is 0 Å². The van der Waals surface area contributed by atoms with E-state index >= 15 is 0 Å². The number of carbonyl (C=O) groups excluding carboxylic acids is 1. The van der Waals surface area contributed by atoms with Gasteiger partial charge in [-0.15, -0.1) is 0 Å².